The Balaban J connectivity index is 1.69. The standard InChI is InChI=1S/C15H15NO2/c1-11(14-7-4-8-17-14)16-10-13-9-12-5-2-3-6-15(12)18-13/h2-9,11,16H,10H2,1H3/t11-/m0/s1. The van der Waals surface area contributed by atoms with E-state index in [1.54, 1.807) is 6.26 Å². The SMILES string of the molecule is C[C@H](NCc1cc2ccccc2o1)c1ccco1. The predicted octanol–water partition coefficient (Wildman–Crippen LogP) is 3.88. The molecule has 3 nitrogen and oxygen atoms in total. The zero-order valence-corrected chi connectivity index (χ0v) is 10.2. The Kier molecular flexibility index (Phi) is 2.90. The van der Waals surface area contributed by atoms with E-state index in [1.165, 1.54) is 0 Å². The summed E-state index contributed by atoms with van der Waals surface area (Å²) in [5.74, 6) is 1.88. The minimum atomic E-state index is 0.174. The van der Waals surface area contributed by atoms with Crippen LogP contribution in [0.2, 0.25) is 0 Å². The van der Waals surface area contributed by atoms with Crippen molar-refractivity contribution >= 4 is 11.0 Å². The van der Waals surface area contributed by atoms with E-state index in [2.05, 4.69) is 24.4 Å². The number of hydrogen-bond acceptors (Lipinski definition) is 3. The van der Waals surface area contributed by atoms with Crippen LogP contribution in [0.1, 0.15) is 24.5 Å². The van der Waals surface area contributed by atoms with Crippen molar-refractivity contribution in [3.8, 4) is 0 Å². The molecule has 0 unspecified atom stereocenters. The summed E-state index contributed by atoms with van der Waals surface area (Å²) in [5.41, 5.74) is 0.931. The molecule has 92 valence electrons. The molecule has 18 heavy (non-hydrogen) atoms. The third kappa shape index (κ3) is 2.17. The van der Waals surface area contributed by atoms with E-state index in [0.717, 1.165) is 22.5 Å². The Bertz CT molecular complexity index is 592. The number of nitrogens with one attached hydrogen (secondary N) is 1. The fraction of sp³-hybridized carbons (Fsp3) is 0.200. The van der Waals surface area contributed by atoms with Gasteiger partial charge >= 0.3 is 0 Å². The summed E-state index contributed by atoms with van der Waals surface area (Å²) in [5, 5.41) is 4.51. The van der Waals surface area contributed by atoms with Crippen LogP contribution in [0.3, 0.4) is 0 Å². The summed E-state index contributed by atoms with van der Waals surface area (Å²) in [6, 6.07) is 14.1. The normalized spacial score (nSPS) is 12.9. The summed E-state index contributed by atoms with van der Waals surface area (Å²) in [7, 11) is 0. The fourth-order valence-electron chi connectivity index (χ4n) is 2.02. The lowest BCUT2D eigenvalue weighted by Crippen LogP contribution is -2.17. The number of rotatable bonds is 4. The molecule has 1 aromatic carbocycles. The van der Waals surface area contributed by atoms with Gasteiger partial charge in [0, 0.05) is 5.39 Å². The molecule has 0 amide bonds. The van der Waals surface area contributed by atoms with E-state index >= 15 is 0 Å². The monoisotopic (exact) mass is 241 g/mol. The van der Waals surface area contributed by atoms with Gasteiger partial charge in [0.1, 0.15) is 17.1 Å². The van der Waals surface area contributed by atoms with E-state index in [1.807, 2.05) is 30.3 Å². The molecule has 0 aliphatic heterocycles. The van der Waals surface area contributed by atoms with E-state index < -0.39 is 0 Å². The van der Waals surface area contributed by atoms with E-state index in [0.29, 0.717) is 6.54 Å². The molecule has 3 aromatic rings. The van der Waals surface area contributed by atoms with Crippen molar-refractivity contribution in [2.75, 3.05) is 0 Å². The van der Waals surface area contributed by atoms with Crippen molar-refractivity contribution < 1.29 is 8.83 Å². The van der Waals surface area contributed by atoms with E-state index in [-0.39, 0.29) is 6.04 Å². The number of para-hydroxylation sites is 1. The first-order valence-electron chi connectivity index (χ1n) is 6.07. The Labute approximate surface area is 105 Å². The molecule has 0 fully saturated rings. The molecule has 3 heteroatoms. The van der Waals surface area contributed by atoms with Gasteiger partial charge in [0.2, 0.25) is 0 Å². The minimum Gasteiger partial charge on any atom is -0.468 e. The van der Waals surface area contributed by atoms with Crippen LogP contribution in [0.15, 0.2) is 57.6 Å². The Morgan fingerprint density at radius 2 is 2.06 bits per heavy atom. The highest BCUT2D eigenvalue weighted by Crippen LogP contribution is 2.19. The topological polar surface area (TPSA) is 38.3 Å². The maximum absolute atomic E-state index is 5.74. The molecule has 2 heterocycles. The highest BCUT2D eigenvalue weighted by molar-refractivity contribution is 5.77. The van der Waals surface area contributed by atoms with Gasteiger partial charge in [-0.3, -0.25) is 0 Å². The molecule has 0 aliphatic rings. The number of hydrogen-bond donors (Lipinski definition) is 1. The Hall–Kier alpha value is -2.00. The first-order valence-corrected chi connectivity index (χ1v) is 6.07. The highest BCUT2D eigenvalue weighted by atomic mass is 16.3. The number of furan rings is 2. The summed E-state index contributed by atoms with van der Waals surface area (Å²) < 4.78 is 11.1. The van der Waals surface area contributed by atoms with Crippen molar-refractivity contribution in [3.05, 3.63) is 60.2 Å². The van der Waals surface area contributed by atoms with Gasteiger partial charge in [0.15, 0.2) is 0 Å². The van der Waals surface area contributed by atoms with Crippen LogP contribution >= 0.6 is 0 Å². The molecule has 0 saturated carbocycles. The Morgan fingerprint density at radius 3 is 2.83 bits per heavy atom. The van der Waals surface area contributed by atoms with Crippen molar-refractivity contribution in [3.63, 3.8) is 0 Å². The highest BCUT2D eigenvalue weighted by Gasteiger charge is 2.09. The molecule has 0 spiro atoms. The van der Waals surface area contributed by atoms with Crippen molar-refractivity contribution in [2.24, 2.45) is 0 Å². The summed E-state index contributed by atoms with van der Waals surface area (Å²) >= 11 is 0. The van der Waals surface area contributed by atoms with Crippen LogP contribution in [0.5, 0.6) is 0 Å². The van der Waals surface area contributed by atoms with Gasteiger partial charge in [-0.15, -0.1) is 0 Å². The molecule has 0 saturated heterocycles. The quantitative estimate of drug-likeness (QED) is 0.753. The molecular formula is C15H15NO2. The third-order valence-corrected chi connectivity index (χ3v) is 3.03. The molecule has 1 atom stereocenters. The maximum atomic E-state index is 5.74. The maximum Gasteiger partial charge on any atom is 0.134 e. The molecule has 3 rings (SSSR count). The van der Waals surface area contributed by atoms with Crippen LogP contribution in [0.4, 0.5) is 0 Å². The smallest absolute Gasteiger partial charge is 0.134 e. The second kappa shape index (κ2) is 4.70. The molecule has 2 aromatic heterocycles. The predicted molar refractivity (Wildman–Crippen MR) is 70.2 cm³/mol. The van der Waals surface area contributed by atoms with Crippen molar-refractivity contribution in [2.45, 2.75) is 19.5 Å². The third-order valence-electron chi connectivity index (χ3n) is 3.03. The zero-order chi connectivity index (χ0) is 12.4. The van der Waals surface area contributed by atoms with Gasteiger partial charge in [0.25, 0.3) is 0 Å². The lowest BCUT2D eigenvalue weighted by Gasteiger charge is -2.09. The van der Waals surface area contributed by atoms with Crippen LogP contribution in [-0.4, -0.2) is 0 Å². The Morgan fingerprint density at radius 1 is 1.17 bits per heavy atom. The van der Waals surface area contributed by atoms with Crippen LogP contribution in [0, 0.1) is 0 Å². The molecular weight excluding hydrogens is 226 g/mol. The largest absolute Gasteiger partial charge is 0.468 e. The number of fused-ring (bicyclic) bond motifs is 1. The minimum absolute atomic E-state index is 0.174. The second-order valence-electron chi connectivity index (χ2n) is 4.37. The second-order valence-corrected chi connectivity index (χ2v) is 4.37. The zero-order valence-electron chi connectivity index (χ0n) is 10.2. The van der Waals surface area contributed by atoms with Crippen LogP contribution in [0.25, 0.3) is 11.0 Å². The van der Waals surface area contributed by atoms with Gasteiger partial charge in [-0.05, 0) is 31.2 Å². The molecule has 0 radical (unpaired) electrons. The van der Waals surface area contributed by atoms with Crippen LogP contribution < -0.4 is 5.32 Å². The van der Waals surface area contributed by atoms with E-state index in [9.17, 15) is 0 Å². The lowest BCUT2D eigenvalue weighted by atomic mass is 10.2. The van der Waals surface area contributed by atoms with Gasteiger partial charge < -0.3 is 14.2 Å². The van der Waals surface area contributed by atoms with Crippen LogP contribution in [-0.2, 0) is 6.54 Å². The number of benzene rings is 1. The first kappa shape index (κ1) is 11.1. The lowest BCUT2D eigenvalue weighted by molar-refractivity contribution is 0.412. The van der Waals surface area contributed by atoms with Crippen molar-refractivity contribution in [1.29, 1.82) is 0 Å². The summed E-state index contributed by atoms with van der Waals surface area (Å²) in [6.07, 6.45) is 1.69. The molecule has 0 bridgehead atoms. The van der Waals surface area contributed by atoms with Gasteiger partial charge in [-0.25, -0.2) is 0 Å². The average molecular weight is 241 g/mol. The summed E-state index contributed by atoms with van der Waals surface area (Å²) in [4.78, 5) is 0. The van der Waals surface area contributed by atoms with Gasteiger partial charge in [-0.2, -0.15) is 0 Å². The fourth-order valence-corrected chi connectivity index (χ4v) is 2.02. The van der Waals surface area contributed by atoms with Gasteiger partial charge in [0.05, 0.1) is 18.8 Å². The van der Waals surface area contributed by atoms with Gasteiger partial charge in [-0.1, -0.05) is 18.2 Å². The molecule has 1 N–H and O–H groups in total. The average Bonchev–Trinajstić information content (AvgIpc) is 3.04. The van der Waals surface area contributed by atoms with E-state index in [4.69, 9.17) is 8.83 Å². The summed E-state index contributed by atoms with van der Waals surface area (Å²) in [6.45, 7) is 2.76. The first-order chi connectivity index (χ1) is 8.83. The van der Waals surface area contributed by atoms with Crippen molar-refractivity contribution in [1.82, 2.24) is 5.32 Å². The molecule has 0 aliphatic carbocycles.